The number of rotatable bonds is 6. The van der Waals surface area contributed by atoms with Crippen molar-refractivity contribution in [2.45, 2.75) is 50.8 Å². The summed E-state index contributed by atoms with van der Waals surface area (Å²) in [5, 5.41) is 6.20. The summed E-state index contributed by atoms with van der Waals surface area (Å²) in [6, 6.07) is 18.3. The molecule has 1 saturated carbocycles. The van der Waals surface area contributed by atoms with Gasteiger partial charge in [-0.15, -0.1) is 0 Å². The van der Waals surface area contributed by atoms with E-state index >= 15 is 0 Å². The number of hydrogen-bond donors (Lipinski definition) is 2. The van der Waals surface area contributed by atoms with E-state index in [2.05, 4.69) is 39.8 Å². The fraction of sp³-hybridized carbons (Fsp3) is 0.429. The molecule has 2 heterocycles. The van der Waals surface area contributed by atoms with Gasteiger partial charge >= 0.3 is 0 Å². The van der Waals surface area contributed by atoms with Crippen LogP contribution in [-0.4, -0.2) is 48.5 Å². The highest BCUT2D eigenvalue weighted by Gasteiger charge is 2.40. The van der Waals surface area contributed by atoms with E-state index in [4.69, 9.17) is 4.74 Å². The summed E-state index contributed by atoms with van der Waals surface area (Å²) >= 11 is 0. The van der Waals surface area contributed by atoms with Crippen LogP contribution in [0.3, 0.4) is 0 Å². The Morgan fingerprint density at radius 2 is 1.88 bits per heavy atom. The molecule has 2 aliphatic heterocycles. The van der Waals surface area contributed by atoms with Crippen LogP contribution in [0.5, 0.6) is 0 Å². The minimum Gasteiger partial charge on any atom is -0.483 e. The highest BCUT2D eigenvalue weighted by Crippen LogP contribution is 2.31. The summed E-state index contributed by atoms with van der Waals surface area (Å²) in [6.07, 6.45) is 5.93. The zero-order chi connectivity index (χ0) is 23.3. The second-order valence-corrected chi connectivity index (χ2v) is 9.60. The summed E-state index contributed by atoms with van der Waals surface area (Å²) in [5.74, 6) is 0.180. The summed E-state index contributed by atoms with van der Waals surface area (Å²) in [7, 11) is 0. The quantitative estimate of drug-likeness (QED) is 0.514. The Labute approximate surface area is 201 Å². The van der Waals surface area contributed by atoms with Crippen LogP contribution in [0.15, 0.2) is 60.4 Å². The molecular weight excluding hydrogens is 426 g/mol. The maximum absolute atomic E-state index is 12.8. The number of nitrogens with one attached hydrogen (secondary N) is 2. The third-order valence-corrected chi connectivity index (χ3v) is 7.23. The summed E-state index contributed by atoms with van der Waals surface area (Å²) in [6.45, 7) is 3.76. The van der Waals surface area contributed by atoms with Gasteiger partial charge in [0, 0.05) is 32.1 Å². The molecule has 2 amide bonds. The number of ether oxygens (including phenoxy) is 1. The van der Waals surface area contributed by atoms with Crippen molar-refractivity contribution >= 4 is 17.9 Å². The second kappa shape index (κ2) is 10.4. The largest absolute Gasteiger partial charge is 0.483 e. The van der Waals surface area contributed by atoms with Crippen LogP contribution in [-0.2, 0) is 27.3 Å². The fourth-order valence-corrected chi connectivity index (χ4v) is 5.33. The van der Waals surface area contributed by atoms with Crippen molar-refractivity contribution in [3.05, 3.63) is 77.0 Å². The van der Waals surface area contributed by atoms with E-state index in [-0.39, 0.29) is 29.9 Å². The lowest BCUT2D eigenvalue weighted by Gasteiger charge is -2.39. The lowest BCUT2D eigenvalue weighted by Crippen LogP contribution is -2.54. The maximum atomic E-state index is 12.8. The van der Waals surface area contributed by atoms with Crippen LogP contribution in [0.2, 0.25) is 0 Å². The van der Waals surface area contributed by atoms with Crippen molar-refractivity contribution in [2.24, 2.45) is 5.92 Å². The topological polar surface area (TPSA) is 70.7 Å². The van der Waals surface area contributed by atoms with Crippen molar-refractivity contribution in [2.75, 3.05) is 19.6 Å². The highest BCUT2D eigenvalue weighted by molar-refractivity contribution is 5.96. The molecule has 1 saturated heterocycles. The monoisotopic (exact) mass is 459 g/mol. The molecule has 3 unspecified atom stereocenters. The SMILES string of the molecule is O=C1NC2CC(C(=O)NCCCN3CCc4ccccc4C3)CCC2O/C1=C\c1ccccc1. The van der Waals surface area contributed by atoms with Crippen LogP contribution in [0.4, 0.5) is 0 Å². The first-order valence-corrected chi connectivity index (χ1v) is 12.5. The number of carbonyl (C=O) groups is 2. The number of nitrogens with zero attached hydrogens (tertiary/aromatic N) is 1. The third kappa shape index (κ3) is 5.33. The van der Waals surface area contributed by atoms with Gasteiger partial charge in [-0.3, -0.25) is 14.5 Å². The first-order valence-electron chi connectivity index (χ1n) is 12.5. The Bertz CT molecular complexity index is 1050. The van der Waals surface area contributed by atoms with Gasteiger partial charge in [0.2, 0.25) is 5.91 Å². The molecule has 0 aromatic heterocycles. The first-order chi connectivity index (χ1) is 16.7. The minimum atomic E-state index is -0.200. The molecule has 2 aromatic rings. The number of amides is 2. The average molecular weight is 460 g/mol. The average Bonchev–Trinajstić information content (AvgIpc) is 2.87. The Morgan fingerprint density at radius 3 is 2.74 bits per heavy atom. The highest BCUT2D eigenvalue weighted by atomic mass is 16.5. The molecule has 3 atom stereocenters. The molecule has 6 nitrogen and oxygen atoms in total. The number of benzene rings is 2. The lowest BCUT2D eigenvalue weighted by atomic mass is 9.82. The van der Waals surface area contributed by atoms with Crippen LogP contribution in [0.1, 0.15) is 42.4 Å². The summed E-state index contributed by atoms with van der Waals surface area (Å²) in [5.41, 5.74) is 3.82. The molecule has 0 radical (unpaired) electrons. The van der Waals surface area contributed by atoms with E-state index in [1.165, 1.54) is 11.1 Å². The van der Waals surface area contributed by atoms with E-state index in [0.29, 0.717) is 18.7 Å². The normalized spacial score (nSPS) is 25.6. The van der Waals surface area contributed by atoms with Crippen molar-refractivity contribution < 1.29 is 14.3 Å². The van der Waals surface area contributed by atoms with E-state index in [1.807, 2.05) is 30.3 Å². The Kier molecular flexibility index (Phi) is 6.95. The number of morpholine rings is 1. The van der Waals surface area contributed by atoms with Crippen LogP contribution in [0, 0.1) is 5.92 Å². The molecule has 2 N–H and O–H groups in total. The Balaban J connectivity index is 1.06. The van der Waals surface area contributed by atoms with Crippen molar-refractivity contribution in [1.29, 1.82) is 0 Å². The predicted octanol–water partition coefficient (Wildman–Crippen LogP) is 3.28. The van der Waals surface area contributed by atoms with Gasteiger partial charge in [-0.25, -0.2) is 0 Å². The zero-order valence-corrected chi connectivity index (χ0v) is 19.5. The molecule has 1 aliphatic carbocycles. The summed E-state index contributed by atoms with van der Waals surface area (Å²) < 4.78 is 6.04. The number of fused-ring (bicyclic) bond motifs is 2. The fourth-order valence-electron chi connectivity index (χ4n) is 5.33. The van der Waals surface area contributed by atoms with Gasteiger partial charge in [-0.05, 0) is 54.9 Å². The molecule has 178 valence electrons. The van der Waals surface area contributed by atoms with Gasteiger partial charge < -0.3 is 15.4 Å². The molecular formula is C28H33N3O3. The third-order valence-electron chi connectivity index (χ3n) is 7.23. The number of hydrogen-bond acceptors (Lipinski definition) is 4. The van der Waals surface area contributed by atoms with Gasteiger partial charge in [0.05, 0.1) is 6.04 Å². The van der Waals surface area contributed by atoms with Crippen LogP contribution < -0.4 is 10.6 Å². The molecule has 2 aromatic carbocycles. The molecule has 34 heavy (non-hydrogen) atoms. The zero-order valence-electron chi connectivity index (χ0n) is 19.5. The molecule has 0 bridgehead atoms. The standard InChI is InChI=1S/C28H33N3O3/c32-27(29-14-6-15-31-16-13-21-9-4-5-10-23(21)19-31)22-11-12-25-24(18-22)30-28(33)26(34-25)17-20-7-2-1-3-8-20/h1-5,7-10,17,22,24-25H,6,11-16,18-19H2,(H,29,32)(H,30,33)/b26-17-. The van der Waals surface area contributed by atoms with Crippen molar-refractivity contribution in [3.8, 4) is 0 Å². The van der Waals surface area contributed by atoms with Crippen molar-refractivity contribution in [3.63, 3.8) is 0 Å². The molecule has 2 fully saturated rings. The van der Waals surface area contributed by atoms with E-state index in [0.717, 1.165) is 50.9 Å². The molecule has 6 heteroatoms. The Hall–Kier alpha value is -3.12. The smallest absolute Gasteiger partial charge is 0.286 e. The van der Waals surface area contributed by atoms with E-state index in [9.17, 15) is 9.59 Å². The van der Waals surface area contributed by atoms with Crippen LogP contribution in [0.25, 0.3) is 6.08 Å². The van der Waals surface area contributed by atoms with Crippen LogP contribution >= 0.6 is 0 Å². The van der Waals surface area contributed by atoms with Gasteiger partial charge in [0.25, 0.3) is 5.91 Å². The minimum absolute atomic E-state index is 0.0707. The van der Waals surface area contributed by atoms with Gasteiger partial charge in [-0.2, -0.15) is 0 Å². The van der Waals surface area contributed by atoms with Crippen molar-refractivity contribution in [1.82, 2.24) is 15.5 Å². The van der Waals surface area contributed by atoms with Gasteiger partial charge in [0.1, 0.15) is 6.10 Å². The molecule has 3 aliphatic rings. The lowest BCUT2D eigenvalue weighted by molar-refractivity contribution is -0.134. The van der Waals surface area contributed by atoms with Gasteiger partial charge in [-0.1, -0.05) is 54.6 Å². The first kappa shape index (κ1) is 22.7. The summed E-state index contributed by atoms with van der Waals surface area (Å²) in [4.78, 5) is 27.8. The molecule has 0 spiro atoms. The van der Waals surface area contributed by atoms with E-state index < -0.39 is 0 Å². The predicted molar refractivity (Wildman–Crippen MR) is 132 cm³/mol. The van der Waals surface area contributed by atoms with E-state index in [1.54, 1.807) is 6.08 Å². The molecule has 5 rings (SSSR count). The Morgan fingerprint density at radius 1 is 1.09 bits per heavy atom. The number of carbonyl (C=O) groups excluding carboxylic acids is 2. The second-order valence-electron chi connectivity index (χ2n) is 9.60. The maximum Gasteiger partial charge on any atom is 0.286 e. The van der Waals surface area contributed by atoms with Gasteiger partial charge in [0.15, 0.2) is 5.76 Å².